The molecular weight excluding hydrogens is 568 g/mol. The third kappa shape index (κ3) is 7.24. The van der Waals surface area contributed by atoms with E-state index in [0.29, 0.717) is 18.6 Å². The molecule has 4 aromatic rings. The first kappa shape index (κ1) is 33.1. The molecule has 0 aliphatic carbocycles. The van der Waals surface area contributed by atoms with Gasteiger partial charge in [0.05, 0.1) is 34.5 Å². The Kier molecular flexibility index (Phi) is 11.6. The van der Waals surface area contributed by atoms with E-state index < -0.39 is 0 Å². The number of aromatic nitrogens is 6. The Morgan fingerprint density at radius 3 is 1.58 bits per heavy atom. The van der Waals surface area contributed by atoms with Crippen LogP contribution in [0.4, 0.5) is 11.4 Å². The first-order valence-corrected chi connectivity index (χ1v) is 16.8. The highest BCUT2D eigenvalue weighted by molar-refractivity contribution is 5.92. The van der Waals surface area contributed by atoms with Crippen LogP contribution >= 0.6 is 0 Å². The van der Waals surface area contributed by atoms with Crippen molar-refractivity contribution in [2.45, 2.75) is 104 Å². The van der Waals surface area contributed by atoms with Crippen molar-refractivity contribution in [3.63, 3.8) is 0 Å². The number of hydrogen-bond acceptors (Lipinski definition) is 10. The maximum Gasteiger partial charge on any atom is 0.160 e. The molecule has 0 radical (unpaired) electrons. The molecule has 12 nitrogen and oxygen atoms in total. The van der Waals surface area contributed by atoms with Gasteiger partial charge in [-0.05, 0) is 59.4 Å². The predicted molar refractivity (Wildman–Crippen MR) is 181 cm³/mol. The van der Waals surface area contributed by atoms with Gasteiger partial charge in [0.25, 0.3) is 0 Å². The fourth-order valence-electron chi connectivity index (χ4n) is 6.41. The molecule has 0 spiro atoms. The van der Waals surface area contributed by atoms with Crippen molar-refractivity contribution in [2.24, 2.45) is 5.73 Å². The number of aryl methyl sites for hydroxylation is 4. The fraction of sp³-hybridized carbons (Fsp3) is 0.636. The van der Waals surface area contributed by atoms with E-state index in [0.717, 1.165) is 129 Å². The van der Waals surface area contributed by atoms with Crippen LogP contribution in [0.25, 0.3) is 22.1 Å². The minimum absolute atomic E-state index is 0.430. The van der Waals surface area contributed by atoms with E-state index in [1.165, 1.54) is 11.3 Å². The molecular formula is C33H52N10O2. The Hall–Kier alpha value is -3.32. The van der Waals surface area contributed by atoms with Gasteiger partial charge < -0.3 is 31.2 Å². The summed E-state index contributed by atoms with van der Waals surface area (Å²) in [5, 5.41) is 21.9. The van der Waals surface area contributed by atoms with Gasteiger partial charge in [-0.1, -0.05) is 13.8 Å². The van der Waals surface area contributed by atoms with Crippen LogP contribution in [0.5, 0.6) is 0 Å². The molecule has 2 aliphatic rings. The number of fused-ring (bicyclic) bond motifs is 2. The number of anilines is 2. The molecule has 5 N–H and O–H groups in total. The molecule has 2 saturated heterocycles. The topological polar surface area (TPSA) is 142 Å². The van der Waals surface area contributed by atoms with Crippen LogP contribution in [0, 0.1) is 0 Å². The number of rotatable bonds is 11. The molecule has 6 rings (SSSR count). The number of nitrogens with one attached hydrogen (secondary N) is 3. The van der Waals surface area contributed by atoms with Crippen LogP contribution in [0.1, 0.15) is 75.9 Å². The van der Waals surface area contributed by atoms with E-state index in [1.54, 1.807) is 0 Å². The van der Waals surface area contributed by atoms with E-state index in [-0.39, 0.29) is 0 Å². The number of pyridine rings is 2. The summed E-state index contributed by atoms with van der Waals surface area (Å²) in [6.07, 6.45) is 9.80. The van der Waals surface area contributed by atoms with Crippen LogP contribution in [0.3, 0.4) is 0 Å². The molecule has 0 amide bonds. The minimum Gasteiger partial charge on any atom is -0.381 e. The molecule has 0 saturated carbocycles. The first-order chi connectivity index (χ1) is 22.1. The lowest BCUT2D eigenvalue weighted by Gasteiger charge is -2.26. The van der Waals surface area contributed by atoms with E-state index in [4.69, 9.17) is 25.2 Å². The molecule has 2 aliphatic heterocycles. The Balaban J connectivity index is 0.000000178. The van der Waals surface area contributed by atoms with Crippen LogP contribution in [0.15, 0.2) is 12.4 Å². The SMILES string of the molecule is CCc1nc2c(cnn2CC)c(NC2CCOCC2)c1CN.CCc1nc2c(cnn2CC)c(NC2CCOCC2)c1CNC. The lowest BCUT2D eigenvalue weighted by atomic mass is 10.0. The average molecular weight is 621 g/mol. The highest BCUT2D eigenvalue weighted by atomic mass is 16.5. The Labute approximate surface area is 266 Å². The Morgan fingerprint density at radius 1 is 0.733 bits per heavy atom. The van der Waals surface area contributed by atoms with E-state index in [1.807, 2.05) is 28.8 Å². The average Bonchev–Trinajstić information content (AvgIpc) is 3.70. The first-order valence-electron chi connectivity index (χ1n) is 16.8. The standard InChI is InChI=1S/C17H27N5O.C16H25N5O/c1-4-15-13(10-18-3)16(20-12-6-8-23-9-7-12)14-11-19-22(5-2)17(14)21-15;1-3-14-12(9-17)15(19-11-5-7-22-8-6-11)13-10-18-21(4-2)16(13)20-14/h11-12,18H,4-10H2,1-3H3,(H,20,21);10-11H,3-9,17H2,1-2H3,(H,19,20). The minimum atomic E-state index is 0.430. The summed E-state index contributed by atoms with van der Waals surface area (Å²) in [4.78, 5) is 9.70. The van der Waals surface area contributed by atoms with Crippen LogP contribution in [-0.4, -0.2) is 75.1 Å². The zero-order chi connectivity index (χ0) is 31.8. The van der Waals surface area contributed by atoms with Crippen LogP contribution in [0.2, 0.25) is 0 Å². The molecule has 12 heteroatoms. The zero-order valence-corrected chi connectivity index (χ0v) is 27.8. The van der Waals surface area contributed by atoms with Gasteiger partial charge in [0.1, 0.15) is 0 Å². The van der Waals surface area contributed by atoms with Gasteiger partial charge in [-0.25, -0.2) is 19.3 Å². The smallest absolute Gasteiger partial charge is 0.160 e. The third-order valence-electron chi connectivity index (χ3n) is 8.91. The van der Waals surface area contributed by atoms with Gasteiger partial charge in [-0.3, -0.25) is 0 Å². The zero-order valence-electron chi connectivity index (χ0n) is 27.8. The summed E-state index contributed by atoms with van der Waals surface area (Å²) >= 11 is 0. The van der Waals surface area contributed by atoms with Crippen molar-refractivity contribution in [3.8, 4) is 0 Å². The summed E-state index contributed by atoms with van der Waals surface area (Å²) in [6, 6.07) is 0.888. The van der Waals surface area contributed by atoms with Gasteiger partial charge in [-0.15, -0.1) is 0 Å². The summed E-state index contributed by atoms with van der Waals surface area (Å²) in [5.74, 6) is 0. The molecule has 0 unspecified atom stereocenters. The maximum absolute atomic E-state index is 6.03. The molecule has 0 aromatic carbocycles. The third-order valence-corrected chi connectivity index (χ3v) is 8.91. The van der Waals surface area contributed by atoms with Gasteiger partial charge in [0, 0.05) is 87.2 Å². The highest BCUT2D eigenvalue weighted by Gasteiger charge is 2.22. The largest absolute Gasteiger partial charge is 0.381 e. The number of nitrogens with zero attached hydrogens (tertiary/aromatic N) is 6. The van der Waals surface area contributed by atoms with Crippen LogP contribution < -0.4 is 21.7 Å². The Bertz CT molecular complexity index is 1540. The number of hydrogen-bond donors (Lipinski definition) is 4. The molecule has 0 atom stereocenters. The van der Waals surface area contributed by atoms with Gasteiger partial charge in [0.15, 0.2) is 11.3 Å². The number of ether oxygens (including phenoxy) is 2. The number of nitrogens with two attached hydrogens (primary N) is 1. The quantitative estimate of drug-likeness (QED) is 0.191. The van der Waals surface area contributed by atoms with Gasteiger partial charge in [0.2, 0.25) is 0 Å². The van der Waals surface area contributed by atoms with E-state index in [2.05, 4.69) is 53.8 Å². The second-order valence-corrected chi connectivity index (χ2v) is 11.7. The second-order valence-electron chi connectivity index (χ2n) is 11.7. The van der Waals surface area contributed by atoms with Crippen molar-refractivity contribution in [2.75, 3.05) is 44.1 Å². The summed E-state index contributed by atoms with van der Waals surface area (Å²) in [7, 11) is 1.98. The van der Waals surface area contributed by atoms with Gasteiger partial charge in [-0.2, -0.15) is 10.2 Å². The summed E-state index contributed by atoms with van der Waals surface area (Å²) < 4.78 is 14.9. The molecule has 45 heavy (non-hydrogen) atoms. The molecule has 246 valence electrons. The molecule has 2 fully saturated rings. The molecule has 0 bridgehead atoms. The lowest BCUT2D eigenvalue weighted by Crippen LogP contribution is -2.29. The van der Waals surface area contributed by atoms with Crippen LogP contribution in [-0.2, 0) is 48.5 Å². The van der Waals surface area contributed by atoms with Crippen molar-refractivity contribution in [1.29, 1.82) is 0 Å². The Morgan fingerprint density at radius 2 is 1.18 bits per heavy atom. The van der Waals surface area contributed by atoms with E-state index >= 15 is 0 Å². The summed E-state index contributed by atoms with van der Waals surface area (Å²) in [6.45, 7) is 14.7. The second kappa shape index (κ2) is 15.8. The molecule has 4 aromatic heterocycles. The van der Waals surface area contributed by atoms with Crippen molar-refractivity contribution in [1.82, 2.24) is 34.8 Å². The normalized spacial score (nSPS) is 16.2. The van der Waals surface area contributed by atoms with Crippen molar-refractivity contribution >= 4 is 33.4 Å². The highest BCUT2D eigenvalue weighted by Crippen LogP contribution is 2.32. The lowest BCUT2D eigenvalue weighted by molar-refractivity contribution is 0.0903. The van der Waals surface area contributed by atoms with Crippen molar-refractivity contribution in [3.05, 3.63) is 34.9 Å². The fourth-order valence-corrected chi connectivity index (χ4v) is 6.41. The molecule has 6 heterocycles. The summed E-state index contributed by atoms with van der Waals surface area (Å²) in [5.41, 5.74) is 14.9. The maximum atomic E-state index is 6.03. The predicted octanol–water partition coefficient (Wildman–Crippen LogP) is 4.39. The van der Waals surface area contributed by atoms with E-state index in [9.17, 15) is 0 Å². The monoisotopic (exact) mass is 620 g/mol. The van der Waals surface area contributed by atoms with Gasteiger partial charge >= 0.3 is 0 Å². The van der Waals surface area contributed by atoms with Crippen molar-refractivity contribution < 1.29 is 9.47 Å².